The normalized spacial score (nSPS) is 17.9. The van der Waals surface area contributed by atoms with Crippen molar-refractivity contribution in [2.45, 2.75) is 39.7 Å². The Kier molecular flexibility index (Phi) is 6.80. The van der Waals surface area contributed by atoms with Crippen LogP contribution in [0.25, 0.3) is 5.70 Å². The molecule has 0 spiro atoms. The summed E-state index contributed by atoms with van der Waals surface area (Å²) in [5.41, 5.74) is 3.74. The Bertz CT molecular complexity index is 406. The van der Waals surface area contributed by atoms with Crippen LogP contribution in [0.5, 0.6) is 0 Å². The third-order valence-corrected chi connectivity index (χ3v) is 3.68. The molecule has 0 bridgehead atoms. The van der Waals surface area contributed by atoms with Crippen molar-refractivity contribution in [2.24, 2.45) is 0 Å². The fourth-order valence-electron chi connectivity index (χ4n) is 2.71. The molecule has 0 N–H and O–H groups in total. The summed E-state index contributed by atoms with van der Waals surface area (Å²) in [6.45, 7) is 12.7. The minimum absolute atomic E-state index is 0.619. The first-order chi connectivity index (χ1) is 9.58. The van der Waals surface area contributed by atoms with E-state index in [1.54, 1.807) is 0 Å². The Morgan fingerprint density at radius 3 is 2.40 bits per heavy atom. The largest absolute Gasteiger partial charge is 0.367 e. The molecule has 1 aliphatic rings. The molecule has 2 heteroatoms. The number of benzene rings is 1. The number of likely N-dealkylation sites (tertiary alicyclic amines) is 1. The summed E-state index contributed by atoms with van der Waals surface area (Å²) in [5.74, 6) is 0. The van der Waals surface area contributed by atoms with Crippen LogP contribution in [0.1, 0.15) is 37.8 Å². The van der Waals surface area contributed by atoms with E-state index < -0.39 is 0 Å². The van der Waals surface area contributed by atoms with Crippen LogP contribution in [0.15, 0.2) is 30.8 Å². The van der Waals surface area contributed by atoms with E-state index in [1.165, 1.54) is 29.7 Å². The summed E-state index contributed by atoms with van der Waals surface area (Å²) >= 11 is 0. The number of rotatable bonds is 4. The van der Waals surface area contributed by atoms with Gasteiger partial charge in [0.05, 0.1) is 0 Å². The summed E-state index contributed by atoms with van der Waals surface area (Å²) in [7, 11) is 4.29. The molecule has 2 nitrogen and oxygen atoms in total. The highest BCUT2D eigenvalue weighted by Gasteiger charge is 2.26. The van der Waals surface area contributed by atoms with Gasteiger partial charge >= 0.3 is 0 Å². The molecule has 1 aromatic rings. The lowest BCUT2D eigenvalue weighted by Crippen LogP contribution is -2.36. The summed E-state index contributed by atoms with van der Waals surface area (Å²) in [6, 6.07) is 9.31. The fourth-order valence-corrected chi connectivity index (χ4v) is 2.71. The van der Waals surface area contributed by atoms with Crippen molar-refractivity contribution in [3.63, 3.8) is 0 Å². The Morgan fingerprint density at radius 2 is 1.85 bits per heavy atom. The molecule has 1 heterocycles. The second-order valence-corrected chi connectivity index (χ2v) is 5.56. The minimum Gasteiger partial charge on any atom is -0.367 e. The van der Waals surface area contributed by atoms with E-state index in [4.69, 9.17) is 0 Å². The molecule has 1 aromatic carbocycles. The standard InChI is InChI=1S/C16H24N2.C2H6/c1-13-7-9-15(10-8-13)14(2)18-11-5-6-16(18)12-17(3)4;1-2/h7-10,16H,2,5-6,11-12H2,1,3-4H3;1-2H3. The van der Waals surface area contributed by atoms with E-state index in [1.807, 2.05) is 13.8 Å². The monoisotopic (exact) mass is 274 g/mol. The molecule has 1 saturated heterocycles. The van der Waals surface area contributed by atoms with Crippen molar-refractivity contribution in [1.29, 1.82) is 0 Å². The quantitative estimate of drug-likeness (QED) is 0.818. The van der Waals surface area contributed by atoms with E-state index in [2.05, 4.69) is 61.7 Å². The molecule has 0 radical (unpaired) electrons. The first kappa shape index (κ1) is 16.8. The summed E-state index contributed by atoms with van der Waals surface area (Å²) in [6.07, 6.45) is 2.56. The fraction of sp³-hybridized carbons (Fsp3) is 0.556. The Labute approximate surface area is 125 Å². The molecule has 0 saturated carbocycles. The highest BCUT2D eigenvalue weighted by Crippen LogP contribution is 2.27. The van der Waals surface area contributed by atoms with E-state index in [0.29, 0.717) is 6.04 Å². The third-order valence-electron chi connectivity index (χ3n) is 3.68. The van der Waals surface area contributed by atoms with Crippen LogP contribution in [0.2, 0.25) is 0 Å². The van der Waals surface area contributed by atoms with Gasteiger partial charge in [-0.25, -0.2) is 0 Å². The van der Waals surface area contributed by atoms with Gasteiger partial charge in [-0.2, -0.15) is 0 Å². The van der Waals surface area contributed by atoms with Crippen molar-refractivity contribution in [1.82, 2.24) is 9.80 Å². The van der Waals surface area contributed by atoms with E-state index >= 15 is 0 Å². The van der Waals surface area contributed by atoms with Crippen molar-refractivity contribution < 1.29 is 0 Å². The summed E-state index contributed by atoms with van der Waals surface area (Å²) in [5, 5.41) is 0. The second-order valence-electron chi connectivity index (χ2n) is 5.56. The molecule has 1 atom stereocenters. The van der Waals surface area contributed by atoms with Crippen molar-refractivity contribution >= 4 is 5.70 Å². The van der Waals surface area contributed by atoms with E-state index in [9.17, 15) is 0 Å². The molecule has 112 valence electrons. The zero-order valence-electron chi connectivity index (χ0n) is 13.8. The Hall–Kier alpha value is -1.28. The lowest BCUT2D eigenvalue weighted by Gasteiger charge is -2.30. The van der Waals surface area contributed by atoms with Crippen LogP contribution < -0.4 is 0 Å². The SMILES string of the molecule is C=C(c1ccc(C)cc1)N1CCCC1CN(C)C.CC. The van der Waals surface area contributed by atoms with Gasteiger partial charge in [0.25, 0.3) is 0 Å². The van der Waals surface area contributed by atoms with Crippen molar-refractivity contribution in [3.05, 3.63) is 42.0 Å². The highest BCUT2D eigenvalue weighted by atomic mass is 15.2. The maximum atomic E-state index is 4.30. The van der Waals surface area contributed by atoms with Crippen LogP contribution in [0.3, 0.4) is 0 Å². The summed E-state index contributed by atoms with van der Waals surface area (Å²) in [4.78, 5) is 4.75. The molecule has 1 aliphatic heterocycles. The second kappa shape index (κ2) is 8.11. The van der Waals surface area contributed by atoms with E-state index in [0.717, 1.165) is 13.1 Å². The molecule has 0 aromatic heterocycles. The topological polar surface area (TPSA) is 6.48 Å². The predicted octanol–water partition coefficient (Wildman–Crippen LogP) is 4.02. The van der Waals surface area contributed by atoms with Gasteiger partial charge in [-0.3, -0.25) is 0 Å². The molecular weight excluding hydrogens is 244 g/mol. The predicted molar refractivity (Wildman–Crippen MR) is 89.8 cm³/mol. The lowest BCUT2D eigenvalue weighted by atomic mass is 10.1. The number of hydrogen-bond acceptors (Lipinski definition) is 2. The molecular formula is C18H30N2. The number of nitrogens with zero attached hydrogens (tertiary/aromatic N) is 2. The summed E-state index contributed by atoms with van der Waals surface area (Å²) < 4.78 is 0. The zero-order valence-corrected chi connectivity index (χ0v) is 13.8. The molecule has 2 rings (SSSR count). The van der Waals surface area contributed by atoms with Gasteiger partial charge in [0.15, 0.2) is 0 Å². The van der Waals surface area contributed by atoms with Crippen LogP contribution in [0.4, 0.5) is 0 Å². The van der Waals surface area contributed by atoms with Gasteiger partial charge < -0.3 is 9.80 Å². The van der Waals surface area contributed by atoms with Gasteiger partial charge in [-0.1, -0.05) is 50.3 Å². The van der Waals surface area contributed by atoms with Crippen LogP contribution in [-0.4, -0.2) is 43.0 Å². The molecule has 0 amide bonds. The molecule has 20 heavy (non-hydrogen) atoms. The Balaban J connectivity index is 0.000000956. The van der Waals surface area contributed by atoms with Gasteiger partial charge in [0.2, 0.25) is 0 Å². The van der Waals surface area contributed by atoms with Crippen LogP contribution >= 0.6 is 0 Å². The zero-order chi connectivity index (χ0) is 15.1. The maximum absolute atomic E-state index is 4.30. The van der Waals surface area contributed by atoms with Gasteiger partial charge in [-0.05, 0) is 39.4 Å². The van der Waals surface area contributed by atoms with Crippen molar-refractivity contribution in [3.8, 4) is 0 Å². The smallest absolute Gasteiger partial charge is 0.0417 e. The number of aryl methyl sites for hydroxylation is 1. The van der Waals surface area contributed by atoms with Crippen LogP contribution in [0, 0.1) is 6.92 Å². The Morgan fingerprint density at radius 1 is 1.25 bits per heavy atom. The number of likely N-dealkylation sites (N-methyl/N-ethyl adjacent to an activating group) is 1. The van der Waals surface area contributed by atoms with Crippen molar-refractivity contribution in [2.75, 3.05) is 27.2 Å². The highest BCUT2D eigenvalue weighted by molar-refractivity contribution is 5.62. The molecule has 1 unspecified atom stereocenters. The minimum atomic E-state index is 0.619. The average Bonchev–Trinajstić information content (AvgIpc) is 2.88. The molecule has 0 aliphatic carbocycles. The van der Waals surface area contributed by atoms with Crippen LogP contribution in [-0.2, 0) is 0 Å². The average molecular weight is 274 g/mol. The first-order valence-electron chi connectivity index (χ1n) is 7.75. The third kappa shape index (κ3) is 4.38. The van der Waals surface area contributed by atoms with E-state index in [-0.39, 0.29) is 0 Å². The lowest BCUT2D eigenvalue weighted by molar-refractivity contribution is 0.276. The van der Waals surface area contributed by atoms with Gasteiger partial charge in [-0.15, -0.1) is 0 Å². The number of hydrogen-bond donors (Lipinski definition) is 0. The first-order valence-corrected chi connectivity index (χ1v) is 7.75. The maximum Gasteiger partial charge on any atom is 0.0417 e. The van der Waals surface area contributed by atoms with Gasteiger partial charge in [0.1, 0.15) is 0 Å². The molecule has 1 fully saturated rings. The van der Waals surface area contributed by atoms with Gasteiger partial charge in [0, 0.05) is 24.8 Å².